The summed E-state index contributed by atoms with van der Waals surface area (Å²) in [5.41, 5.74) is 4.93. The summed E-state index contributed by atoms with van der Waals surface area (Å²) >= 11 is 4.88. The van der Waals surface area contributed by atoms with E-state index in [1.54, 1.807) is 0 Å². The van der Waals surface area contributed by atoms with Crippen molar-refractivity contribution in [1.29, 1.82) is 0 Å². The minimum Gasteiger partial charge on any atom is -0.465 e. The van der Waals surface area contributed by atoms with Crippen LogP contribution in [0.4, 0.5) is 5.69 Å². The van der Waals surface area contributed by atoms with Crippen molar-refractivity contribution in [2.45, 2.75) is 19.3 Å². The molecule has 0 saturated carbocycles. The van der Waals surface area contributed by atoms with Crippen LogP contribution in [0.1, 0.15) is 28.8 Å². The van der Waals surface area contributed by atoms with Crippen LogP contribution in [0.25, 0.3) is 0 Å². The number of hydrogen-bond acceptors (Lipinski definition) is 7. The topological polar surface area (TPSA) is 140 Å². The molecular weight excluding hydrogens is 424 g/mol. The van der Waals surface area contributed by atoms with Gasteiger partial charge in [-0.2, -0.15) is 0 Å². The summed E-state index contributed by atoms with van der Waals surface area (Å²) < 4.78 is 5.08. The van der Waals surface area contributed by atoms with Gasteiger partial charge in [0.25, 0.3) is 11.6 Å². The number of benzene rings is 2. The Bertz CT molecular complexity index is 967. The molecule has 0 saturated heterocycles. The minimum absolute atomic E-state index is 0.133. The molecule has 0 aromatic heterocycles. The number of para-hydroxylation sites is 1. The lowest BCUT2D eigenvalue weighted by Gasteiger charge is -2.11. The lowest BCUT2D eigenvalue weighted by Crippen LogP contribution is -2.48. The Morgan fingerprint density at radius 2 is 1.65 bits per heavy atom. The van der Waals surface area contributed by atoms with Crippen LogP contribution in [0.5, 0.6) is 0 Å². The maximum atomic E-state index is 12.1. The Balaban J connectivity index is 1.66. The third-order valence-corrected chi connectivity index (χ3v) is 4.14. The Morgan fingerprint density at radius 1 is 0.968 bits per heavy atom. The Hall–Kier alpha value is -3.86. The molecule has 31 heavy (non-hydrogen) atoms. The van der Waals surface area contributed by atoms with E-state index in [0.29, 0.717) is 6.42 Å². The highest BCUT2D eigenvalue weighted by Crippen LogP contribution is 2.16. The summed E-state index contributed by atoms with van der Waals surface area (Å²) in [7, 11) is 0. The van der Waals surface area contributed by atoms with Crippen molar-refractivity contribution in [2.24, 2.45) is 0 Å². The van der Waals surface area contributed by atoms with E-state index in [2.05, 4.69) is 16.2 Å². The summed E-state index contributed by atoms with van der Waals surface area (Å²) in [5.74, 6) is -1.88. The number of carbonyl (C=O) groups is 3. The average Bonchev–Trinajstić information content (AvgIpc) is 2.76. The van der Waals surface area contributed by atoms with Crippen LogP contribution in [-0.4, -0.2) is 34.4 Å². The van der Waals surface area contributed by atoms with E-state index < -0.39 is 22.7 Å². The number of nitro groups is 1. The Kier molecular flexibility index (Phi) is 9.05. The van der Waals surface area contributed by atoms with Gasteiger partial charge in [0.1, 0.15) is 5.56 Å². The van der Waals surface area contributed by atoms with E-state index in [4.69, 9.17) is 17.0 Å². The molecule has 0 heterocycles. The van der Waals surface area contributed by atoms with Crippen molar-refractivity contribution in [3.63, 3.8) is 0 Å². The molecule has 0 aliphatic carbocycles. The monoisotopic (exact) mass is 444 g/mol. The summed E-state index contributed by atoms with van der Waals surface area (Å²) in [6.07, 6.45) is 0.280. The third kappa shape index (κ3) is 8.19. The maximum Gasteiger partial charge on any atom is 0.306 e. The molecule has 0 fully saturated rings. The fourth-order valence-corrected chi connectivity index (χ4v) is 2.61. The molecule has 11 heteroatoms. The first kappa shape index (κ1) is 23.4. The van der Waals surface area contributed by atoms with E-state index in [9.17, 15) is 24.5 Å². The summed E-state index contributed by atoms with van der Waals surface area (Å²) in [6, 6.07) is 14.9. The second-order valence-electron chi connectivity index (χ2n) is 6.19. The van der Waals surface area contributed by atoms with Gasteiger partial charge < -0.3 is 10.1 Å². The molecule has 2 aromatic carbocycles. The predicted octanol–water partition coefficient (Wildman–Crippen LogP) is 1.80. The largest absolute Gasteiger partial charge is 0.465 e. The smallest absolute Gasteiger partial charge is 0.306 e. The number of carbonyl (C=O) groups excluding carboxylic acids is 3. The number of hydrogen-bond donors (Lipinski definition) is 3. The normalized spacial score (nSPS) is 9.94. The second kappa shape index (κ2) is 12.0. The van der Waals surface area contributed by atoms with Gasteiger partial charge in [-0.05, 0) is 23.8 Å². The highest BCUT2D eigenvalue weighted by molar-refractivity contribution is 7.80. The number of nitrogens with zero attached hydrogens (tertiary/aromatic N) is 1. The molecule has 2 rings (SSSR count). The molecular formula is C20H20N4O6S. The molecule has 3 N–H and O–H groups in total. The van der Waals surface area contributed by atoms with E-state index in [1.165, 1.54) is 24.3 Å². The van der Waals surface area contributed by atoms with Crippen molar-refractivity contribution >= 4 is 40.8 Å². The lowest BCUT2D eigenvalue weighted by atomic mass is 10.2. The molecule has 0 radical (unpaired) electrons. The fraction of sp³-hybridized carbons (Fsp3) is 0.200. The van der Waals surface area contributed by atoms with Crippen molar-refractivity contribution in [2.75, 3.05) is 6.61 Å². The van der Waals surface area contributed by atoms with Crippen LogP contribution >= 0.6 is 12.2 Å². The fourth-order valence-electron chi connectivity index (χ4n) is 2.44. The Morgan fingerprint density at radius 3 is 2.35 bits per heavy atom. The van der Waals surface area contributed by atoms with Crippen LogP contribution in [-0.2, 0) is 20.7 Å². The first-order valence-electron chi connectivity index (χ1n) is 9.20. The van der Waals surface area contributed by atoms with E-state index in [1.807, 2.05) is 30.3 Å². The van der Waals surface area contributed by atoms with Gasteiger partial charge in [-0.1, -0.05) is 42.5 Å². The van der Waals surface area contributed by atoms with Crippen molar-refractivity contribution in [3.8, 4) is 0 Å². The van der Waals surface area contributed by atoms with Crippen molar-refractivity contribution in [3.05, 3.63) is 75.8 Å². The van der Waals surface area contributed by atoms with Gasteiger partial charge in [-0.25, -0.2) is 0 Å². The Labute approximate surface area is 183 Å². The van der Waals surface area contributed by atoms with Gasteiger partial charge in [0.15, 0.2) is 5.11 Å². The van der Waals surface area contributed by atoms with Gasteiger partial charge in [0.2, 0.25) is 5.91 Å². The molecule has 0 unspecified atom stereocenters. The highest BCUT2D eigenvalue weighted by atomic mass is 32.1. The standard InChI is InChI=1S/C20H20N4O6S/c25-17(10-11-18(26)30-13-12-14-6-2-1-3-7-14)21-20(31)23-22-19(27)15-8-4-5-9-16(15)24(28)29/h1-9H,10-13H2,(H,22,27)(H2,21,23,25,31). The van der Waals surface area contributed by atoms with Crippen molar-refractivity contribution < 1.29 is 24.0 Å². The van der Waals surface area contributed by atoms with E-state index in [-0.39, 0.29) is 35.8 Å². The van der Waals surface area contributed by atoms with Crippen LogP contribution < -0.4 is 16.2 Å². The van der Waals surface area contributed by atoms with Crippen molar-refractivity contribution in [1.82, 2.24) is 16.2 Å². The summed E-state index contributed by atoms with van der Waals surface area (Å²) in [4.78, 5) is 45.9. The van der Waals surface area contributed by atoms with Crippen LogP contribution in [0.3, 0.4) is 0 Å². The van der Waals surface area contributed by atoms with Crippen LogP contribution in [0, 0.1) is 10.1 Å². The third-order valence-electron chi connectivity index (χ3n) is 3.94. The van der Waals surface area contributed by atoms with Gasteiger partial charge in [-0.3, -0.25) is 35.3 Å². The highest BCUT2D eigenvalue weighted by Gasteiger charge is 2.19. The maximum absolute atomic E-state index is 12.1. The van der Waals surface area contributed by atoms with E-state index >= 15 is 0 Å². The number of nitrogens with one attached hydrogen (secondary N) is 3. The number of thiocarbonyl (C=S) groups is 1. The molecule has 0 aliphatic rings. The zero-order valence-corrected chi connectivity index (χ0v) is 17.1. The van der Waals surface area contributed by atoms with Gasteiger partial charge >= 0.3 is 5.97 Å². The number of nitro benzene ring substituents is 1. The first-order valence-corrected chi connectivity index (χ1v) is 9.60. The number of esters is 1. The molecule has 0 aliphatic heterocycles. The van der Waals surface area contributed by atoms with Crippen LogP contribution in [0.15, 0.2) is 54.6 Å². The molecule has 0 spiro atoms. The second-order valence-corrected chi connectivity index (χ2v) is 6.60. The number of amides is 2. The molecule has 162 valence electrons. The van der Waals surface area contributed by atoms with E-state index in [0.717, 1.165) is 5.56 Å². The number of rotatable bonds is 8. The molecule has 2 aromatic rings. The quantitative estimate of drug-likeness (QED) is 0.242. The number of ether oxygens (including phenoxy) is 1. The first-order chi connectivity index (χ1) is 14.9. The molecule has 2 amide bonds. The zero-order valence-electron chi connectivity index (χ0n) is 16.3. The summed E-state index contributed by atoms with van der Waals surface area (Å²) in [6.45, 7) is 0.210. The number of hydrazine groups is 1. The summed E-state index contributed by atoms with van der Waals surface area (Å²) in [5, 5.41) is 13.0. The molecule has 0 atom stereocenters. The van der Waals surface area contributed by atoms with Gasteiger partial charge in [0, 0.05) is 18.9 Å². The average molecular weight is 444 g/mol. The van der Waals surface area contributed by atoms with Gasteiger partial charge in [-0.15, -0.1) is 0 Å². The molecule has 0 bridgehead atoms. The predicted molar refractivity (Wildman–Crippen MR) is 115 cm³/mol. The lowest BCUT2D eigenvalue weighted by molar-refractivity contribution is -0.385. The minimum atomic E-state index is -0.800. The SMILES string of the molecule is O=C(CCC(=O)OCCc1ccccc1)NC(=S)NNC(=O)c1ccccc1[N+](=O)[O-]. The van der Waals surface area contributed by atoms with Crippen LogP contribution in [0.2, 0.25) is 0 Å². The zero-order chi connectivity index (χ0) is 22.6. The molecule has 10 nitrogen and oxygen atoms in total. The van der Waals surface area contributed by atoms with Gasteiger partial charge in [0.05, 0.1) is 18.0 Å².